The van der Waals surface area contributed by atoms with Gasteiger partial charge in [-0.05, 0) is 76.4 Å². The lowest BCUT2D eigenvalue weighted by molar-refractivity contribution is 0.223. The summed E-state index contributed by atoms with van der Waals surface area (Å²) in [5.74, 6) is 0.369. The lowest BCUT2D eigenvalue weighted by Crippen LogP contribution is -2.09. The Morgan fingerprint density at radius 3 is 2.53 bits per heavy atom. The van der Waals surface area contributed by atoms with Gasteiger partial charge in [-0.3, -0.25) is 14.3 Å². The topological polar surface area (TPSA) is 57.8 Å². The molecule has 0 N–H and O–H groups in total. The quantitative estimate of drug-likeness (QED) is 0.230. The maximum absolute atomic E-state index is 14.4. The summed E-state index contributed by atoms with van der Waals surface area (Å²) in [6.07, 6.45) is 6.45. The normalized spacial score (nSPS) is 12.2. The highest BCUT2D eigenvalue weighted by molar-refractivity contribution is 9.10. The maximum atomic E-state index is 14.4. The molecular formula is C25H26Br2FN5O. The number of nitrogens with zero attached hydrogens (tertiary/aromatic N) is 5. The van der Waals surface area contributed by atoms with Crippen molar-refractivity contribution in [1.82, 2.24) is 24.5 Å². The number of ether oxygens (including phenoxy) is 1. The van der Waals surface area contributed by atoms with Crippen molar-refractivity contribution in [3.63, 3.8) is 0 Å². The molecule has 0 spiro atoms. The Morgan fingerprint density at radius 2 is 1.82 bits per heavy atom. The molecule has 0 saturated heterocycles. The fourth-order valence-electron chi connectivity index (χ4n) is 4.07. The van der Waals surface area contributed by atoms with Gasteiger partial charge in [0.25, 0.3) is 0 Å². The van der Waals surface area contributed by atoms with E-state index in [2.05, 4.69) is 47.0 Å². The van der Waals surface area contributed by atoms with Gasteiger partial charge in [0.05, 0.1) is 23.8 Å². The van der Waals surface area contributed by atoms with Gasteiger partial charge in [-0.2, -0.15) is 10.2 Å². The van der Waals surface area contributed by atoms with Crippen molar-refractivity contribution in [2.24, 2.45) is 7.05 Å². The third-order valence-corrected chi connectivity index (χ3v) is 7.13. The van der Waals surface area contributed by atoms with Crippen molar-refractivity contribution in [3.05, 3.63) is 80.1 Å². The minimum Gasteiger partial charge on any atom is -0.484 e. The van der Waals surface area contributed by atoms with Gasteiger partial charge in [0.1, 0.15) is 22.3 Å². The second-order valence-corrected chi connectivity index (χ2v) is 9.71. The van der Waals surface area contributed by atoms with E-state index in [4.69, 9.17) is 4.74 Å². The lowest BCUT2D eigenvalue weighted by Gasteiger charge is -2.21. The molecule has 3 heterocycles. The average Bonchev–Trinajstić information content (AvgIpc) is 3.36. The first-order valence-electron chi connectivity index (χ1n) is 11.1. The van der Waals surface area contributed by atoms with E-state index in [1.54, 1.807) is 18.3 Å². The van der Waals surface area contributed by atoms with Crippen LogP contribution in [0.1, 0.15) is 49.3 Å². The van der Waals surface area contributed by atoms with Gasteiger partial charge in [0.15, 0.2) is 0 Å². The van der Waals surface area contributed by atoms with E-state index in [9.17, 15) is 4.39 Å². The smallest absolute Gasteiger partial charge is 0.142 e. The molecule has 1 unspecified atom stereocenters. The molecule has 178 valence electrons. The van der Waals surface area contributed by atoms with Crippen LogP contribution in [0.4, 0.5) is 4.39 Å². The van der Waals surface area contributed by atoms with Crippen molar-refractivity contribution in [2.45, 2.75) is 46.3 Å². The first-order chi connectivity index (χ1) is 16.3. The van der Waals surface area contributed by atoms with E-state index >= 15 is 0 Å². The molecule has 0 radical (unpaired) electrons. The summed E-state index contributed by atoms with van der Waals surface area (Å²) < 4.78 is 26.3. The van der Waals surface area contributed by atoms with Crippen LogP contribution in [-0.2, 0) is 26.4 Å². The van der Waals surface area contributed by atoms with Crippen LogP contribution in [0, 0.1) is 5.82 Å². The van der Waals surface area contributed by atoms with Crippen molar-refractivity contribution < 1.29 is 9.13 Å². The van der Waals surface area contributed by atoms with Gasteiger partial charge in [-0.15, -0.1) is 0 Å². The van der Waals surface area contributed by atoms with Gasteiger partial charge in [-0.1, -0.05) is 6.92 Å². The minimum absolute atomic E-state index is 0.312. The maximum Gasteiger partial charge on any atom is 0.142 e. The van der Waals surface area contributed by atoms with Crippen LogP contribution in [0.15, 0.2) is 51.9 Å². The number of halogens is 3. The van der Waals surface area contributed by atoms with Crippen molar-refractivity contribution in [1.29, 1.82) is 0 Å². The Morgan fingerprint density at radius 1 is 1.06 bits per heavy atom. The molecule has 1 atom stereocenters. The molecule has 1 aromatic carbocycles. The van der Waals surface area contributed by atoms with E-state index in [0.717, 1.165) is 55.7 Å². The van der Waals surface area contributed by atoms with Gasteiger partial charge in [0.2, 0.25) is 0 Å². The molecule has 0 aliphatic carbocycles. The van der Waals surface area contributed by atoms with Crippen LogP contribution in [0.2, 0.25) is 0 Å². The third-order valence-electron chi connectivity index (χ3n) is 5.78. The number of benzene rings is 1. The number of hydrogen-bond donors (Lipinski definition) is 0. The Hall–Kier alpha value is -2.52. The SMILES string of the molecule is CCc1ncc(Br)cc1OC(C)c1cc(F)ccc1-c1c(Cc2cnn(CC)c2Br)cnn1C. The van der Waals surface area contributed by atoms with Gasteiger partial charge < -0.3 is 4.74 Å². The van der Waals surface area contributed by atoms with Gasteiger partial charge in [-0.25, -0.2) is 4.39 Å². The number of hydrogen-bond acceptors (Lipinski definition) is 4. The van der Waals surface area contributed by atoms with Crippen LogP contribution in [0.3, 0.4) is 0 Å². The highest BCUT2D eigenvalue weighted by Gasteiger charge is 2.22. The van der Waals surface area contributed by atoms with E-state index in [1.807, 2.05) is 55.6 Å². The molecule has 9 heteroatoms. The summed E-state index contributed by atoms with van der Waals surface area (Å²) in [5.41, 5.74) is 5.49. The molecule has 3 aromatic heterocycles. The number of rotatable bonds is 8. The minimum atomic E-state index is -0.413. The molecule has 0 bridgehead atoms. The summed E-state index contributed by atoms with van der Waals surface area (Å²) >= 11 is 7.12. The third kappa shape index (κ3) is 4.95. The molecule has 6 nitrogen and oxygen atoms in total. The van der Waals surface area contributed by atoms with Crippen molar-refractivity contribution in [3.8, 4) is 17.0 Å². The molecule has 4 rings (SSSR count). The monoisotopic (exact) mass is 589 g/mol. The lowest BCUT2D eigenvalue weighted by atomic mass is 9.96. The highest BCUT2D eigenvalue weighted by Crippen LogP contribution is 2.36. The highest BCUT2D eigenvalue weighted by atomic mass is 79.9. The van der Waals surface area contributed by atoms with E-state index in [-0.39, 0.29) is 5.82 Å². The second kappa shape index (κ2) is 10.4. The summed E-state index contributed by atoms with van der Waals surface area (Å²) in [5, 5.41) is 8.95. The van der Waals surface area contributed by atoms with Crippen LogP contribution in [0.25, 0.3) is 11.3 Å². The van der Waals surface area contributed by atoms with Crippen LogP contribution < -0.4 is 4.74 Å². The van der Waals surface area contributed by atoms with Crippen molar-refractivity contribution in [2.75, 3.05) is 0 Å². The molecule has 0 amide bonds. The molecule has 4 aromatic rings. The Bertz CT molecular complexity index is 1320. The largest absolute Gasteiger partial charge is 0.484 e. The summed E-state index contributed by atoms with van der Waals surface area (Å²) in [6, 6.07) is 6.72. The fraction of sp³-hybridized carbons (Fsp3) is 0.320. The number of aryl methyl sites for hydroxylation is 3. The van der Waals surface area contributed by atoms with E-state index in [0.29, 0.717) is 12.2 Å². The van der Waals surface area contributed by atoms with Crippen molar-refractivity contribution >= 4 is 31.9 Å². The summed E-state index contributed by atoms with van der Waals surface area (Å²) in [7, 11) is 1.90. The first-order valence-corrected chi connectivity index (χ1v) is 12.7. The predicted octanol–water partition coefficient (Wildman–Crippen LogP) is 6.66. The van der Waals surface area contributed by atoms with Gasteiger partial charge >= 0.3 is 0 Å². The van der Waals surface area contributed by atoms with Gasteiger partial charge in [0, 0.05) is 52.9 Å². The summed E-state index contributed by atoms with van der Waals surface area (Å²) in [6.45, 7) is 6.79. The molecule has 0 saturated carbocycles. The first kappa shape index (κ1) is 24.6. The van der Waals surface area contributed by atoms with E-state index < -0.39 is 6.10 Å². The standard InChI is InChI=1S/C25H26Br2FN5O/c1-5-22-23(10-18(26)14-29-22)34-15(3)21-11-19(28)7-8-20(21)24-16(12-30-32(24)4)9-17-13-31-33(6-2)25(17)27/h7-8,10-15H,5-6,9H2,1-4H3. The summed E-state index contributed by atoms with van der Waals surface area (Å²) in [4.78, 5) is 4.45. The fourth-order valence-corrected chi connectivity index (χ4v) is 4.96. The van der Waals surface area contributed by atoms with Crippen LogP contribution >= 0.6 is 31.9 Å². The molecule has 0 aliphatic rings. The van der Waals surface area contributed by atoms with E-state index in [1.165, 1.54) is 6.07 Å². The van der Waals surface area contributed by atoms with Crippen LogP contribution in [0.5, 0.6) is 5.75 Å². The Kier molecular flexibility index (Phi) is 7.52. The predicted molar refractivity (Wildman–Crippen MR) is 137 cm³/mol. The second-order valence-electron chi connectivity index (χ2n) is 8.04. The zero-order valence-corrected chi connectivity index (χ0v) is 22.7. The molecule has 0 aliphatic heterocycles. The molecular weight excluding hydrogens is 565 g/mol. The number of pyridine rings is 1. The molecule has 34 heavy (non-hydrogen) atoms. The Labute approximate surface area is 215 Å². The number of aromatic nitrogens is 5. The van der Waals surface area contributed by atoms with Crippen LogP contribution in [-0.4, -0.2) is 24.5 Å². The zero-order chi connectivity index (χ0) is 24.4. The zero-order valence-electron chi connectivity index (χ0n) is 19.5. The average molecular weight is 591 g/mol. The molecule has 0 fully saturated rings. The Balaban J connectivity index is 1.74.